The summed E-state index contributed by atoms with van der Waals surface area (Å²) < 4.78 is 0. The minimum absolute atomic E-state index is 0.316. The molecule has 3 atom stereocenters. The van der Waals surface area contributed by atoms with Crippen LogP contribution < -0.4 is 0 Å². The number of carbonyl (C=O) groups is 1. The molecular weight excluding hydrogens is 236 g/mol. The topological polar surface area (TPSA) is 23.6 Å². The normalized spacial score (nSPS) is 34.7. The summed E-state index contributed by atoms with van der Waals surface area (Å²) in [6, 6.07) is 0.595. The van der Waals surface area contributed by atoms with Gasteiger partial charge in [-0.2, -0.15) is 0 Å². The van der Waals surface area contributed by atoms with E-state index in [4.69, 9.17) is 0 Å². The Labute approximate surface area is 118 Å². The monoisotopic (exact) mass is 266 g/mol. The summed E-state index contributed by atoms with van der Waals surface area (Å²) in [5.74, 6) is 1.64. The third kappa shape index (κ3) is 4.03. The Balaban J connectivity index is 1.87. The van der Waals surface area contributed by atoms with Crippen molar-refractivity contribution in [1.82, 2.24) is 9.80 Å². The third-order valence-corrected chi connectivity index (χ3v) is 4.99. The van der Waals surface area contributed by atoms with Gasteiger partial charge in [0.15, 0.2) is 0 Å². The maximum Gasteiger partial charge on any atom is 0.137 e. The second kappa shape index (κ2) is 6.85. The summed E-state index contributed by atoms with van der Waals surface area (Å²) in [5, 5.41) is 0. The summed E-state index contributed by atoms with van der Waals surface area (Å²) in [7, 11) is 2.19. The van der Waals surface area contributed by atoms with E-state index in [2.05, 4.69) is 30.7 Å². The van der Waals surface area contributed by atoms with Crippen molar-refractivity contribution in [2.24, 2.45) is 11.8 Å². The summed E-state index contributed by atoms with van der Waals surface area (Å²) in [6.45, 7) is 8.97. The van der Waals surface area contributed by atoms with E-state index < -0.39 is 0 Å². The first-order valence-corrected chi connectivity index (χ1v) is 8.05. The Hall–Kier alpha value is -0.410. The molecule has 0 aromatic carbocycles. The summed E-state index contributed by atoms with van der Waals surface area (Å²) in [4.78, 5) is 17.1. The van der Waals surface area contributed by atoms with Crippen LogP contribution in [0.25, 0.3) is 0 Å². The van der Waals surface area contributed by atoms with E-state index in [1.54, 1.807) is 0 Å². The van der Waals surface area contributed by atoms with E-state index >= 15 is 0 Å². The van der Waals surface area contributed by atoms with Crippen molar-refractivity contribution < 1.29 is 4.79 Å². The molecule has 3 heteroatoms. The molecule has 1 saturated carbocycles. The predicted octanol–water partition coefficient (Wildman–Crippen LogP) is 2.41. The second-order valence-electron chi connectivity index (χ2n) is 6.70. The van der Waals surface area contributed by atoms with Crippen LogP contribution in [0.15, 0.2) is 0 Å². The lowest BCUT2D eigenvalue weighted by molar-refractivity contribution is -0.126. The molecule has 0 radical (unpaired) electrons. The average molecular weight is 266 g/mol. The van der Waals surface area contributed by atoms with Crippen LogP contribution in [0.1, 0.15) is 46.0 Å². The van der Waals surface area contributed by atoms with E-state index in [0.29, 0.717) is 17.7 Å². The van der Waals surface area contributed by atoms with Crippen LogP contribution in [0, 0.1) is 11.8 Å². The van der Waals surface area contributed by atoms with E-state index in [0.717, 1.165) is 51.4 Å². The van der Waals surface area contributed by atoms with Gasteiger partial charge in [0, 0.05) is 44.6 Å². The van der Waals surface area contributed by atoms with Crippen LogP contribution in [0.2, 0.25) is 0 Å². The predicted molar refractivity (Wildman–Crippen MR) is 79.3 cm³/mol. The molecule has 1 heterocycles. The smallest absolute Gasteiger partial charge is 0.137 e. The number of nitrogens with zero attached hydrogens (tertiary/aromatic N) is 2. The van der Waals surface area contributed by atoms with Crippen LogP contribution in [0.5, 0.6) is 0 Å². The van der Waals surface area contributed by atoms with Gasteiger partial charge in [0.25, 0.3) is 0 Å². The van der Waals surface area contributed by atoms with Gasteiger partial charge in [-0.25, -0.2) is 0 Å². The molecule has 2 fully saturated rings. The lowest BCUT2D eigenvalue weighted by atomic mass is 9.78. The van der Waals surface area contributed by atoms with Gasteiger partial charge in [0.2, 0.25) is 0 Å². The van der Waals surface area contributed by atoms with Crippen molar-refractivity contribution in [1.29, 1.82) is 0 Å². The quantitative estimate of drug-likeness (QED) is 0.781. The molecule has 0 aromatic heterocycles. The van der Waals surface area contributed by atoms with E-state index in [1.165, 1.54) is 12.8 Å². The molecule has 2 rings (SSSR count). The molecule has 1 saturated heterocycles. The highest BCUT2D eigenvalue weighted by Crippen LogP contribution is 2.30. The van der Waals surface area contributed by atoms with Gasteiger partial charge in [0.1, 0.15) is 5.78 Å². The van der Waals surface area contributed by atoms with Crippen molar-refractivity contribution in [3.8, 4) is 0 Å². The van der Waals surface area contributed by atoms with Gasteiger partial charge in [-0.1, -0.05) is 19.8 Å². The lowest BCUT2D eigenvalue weighted by Gasteiger charge is -2.41. The molecule has 1 aliphatic carbocycles. The minimum Gasteiger partial charge on any atom is -0.304 e. The molecule has 0 aromatic rings. The first kappa shape index (κ1) is 15.0. The van der Waals surface area contributed by atoms with Crippen LogP contribution >= 0.6 is 0 Å². The van der Waals surface area contributed by atoms with Gasteiger partial charge in [-0.05, 0) is 32.7 Å². The molecule has 110 valence electrons. The molecule has 3 nitrogen and oxygen atoms in total. The fourth-order valence-corrected chi connectivity index (χ4v) is 3.78. The Morgan fingerprint density at radius 1 is 1.32 bits per heavy atom. The highest BCUT2D eigenvalue weighted by atomic mass is 16.1. The Morgan fingerprint density at radius 2 is 2.11 bits per heavy atom. The summed E-state index contributed by atoms with van der Waals surface area (Å²) >= 11 is 0. The lowest BCUT2D eigenvalue weighted by Crippen LogP contribution is -2.52. The Morgan fingerprint density at radius 3 is 2.79 bits per heavy atom. The number of rotatable bonds is 4. The number of carbonyl (C=O) groups excluding carboxylic acids is 1. The summed E-state index contributed by atoms with van der Waals surface area (Å²) in [5.41, 5.74) is 0. The molecular formula is C16H30N2O. The van der Waals surface area contributed by atoms with Crippen LogP contribution in [0.3, 0.4) is 0 Å². The van der Waals surface area contributed by atoms with Gasteiger partial charge < -0.3 is 4.90 Å². The van der Waals surface area contributed by atoms with Gasteiger partial charge in [0.05, 0.1) is 0 Å². The van der Waals surface area contributed by atoms with Gasteiger partial charge in [-0.3, -0.25) is 9.69 Å². The molecule has 19 heavy (non-hydrogen) atoms. The Kier molecular flexibility index (Phi) is 5.40. The number of piperazine rings is 1. The first-order valence-electron chi connectivity index (χ1n) is 8.05. The van der Waals surface area contributed by atoms with Crippen molar-refractivity contribution >= 4 is 5.78 Å². The zero-order valence-corrected chi connectivity index (χ0v) is 12.9. The standard InChI is InChI=1S/C16H30N2O/c1-4-5-14-6-7-16(19)15(10-14)12-18-9-8-17(3)11-13(18)2/h13-15H,4-12H2,1-3H3. The molecule has 0 bridgehead atoms. The molecule has 1 aliphatic heterocycles. The van der Waals surface area contributed by atoms with Gasteiger partial charge in [-0.15, -0.1) is 0 Å². The molecule has 0 N–H and O–H groups in total. The van der Waals surface area contributed by atoms with Crippen molar-refractivity contribution in [2.45, 2.75) is 52.0 Å². The number of Topliss-reactive ketones (excluding diaryl/α,β-unsaturated/α-hetero) is 1. The van der Waals surface area contributed by atoms with Crippen molar-refractivity contribution in [3.63, 3.8) is 0 Å². The maximum absolute atomic E-state index is 12.2. The zero-order valence-electron chi connectivity index (χ0n) is 12.9. The summed E-state index contributed by atoms with van der Waals surface area (Å²) in [6.07, 6.45) is 5.68. The maximum atomic E-state index is 12.2. The van der Waals surface area contributed by atoms with Gasteiger partial charge >= 0.3 is 0 Å². The Bertz CT molecular complexity index is 305. The molecule has 0 spiro atoms. The average Bonchev–Trinajstić information content (AvgIpc) is 2.37. The second-order valence-corrected chi connectivity index (χ2v) is 6.70. The third-order valence-electron chi connectivity index (χ3n) is 4.99. The molecule has 3 unspecified atom stereocenters. The van der Waals surface area contributed by atoms with Crippen LogP contribution in [-0.2, 0) is 4.79 Å². The van der Waals surface area contributed by atoms with Crippen LogP contribution in [-0.4, -0.2) is 54.9 Å². The number of hydrogen-bond donors (Lipinski definition) is 0. The molecule has 0 amide bonds. The SMILES string of the molecule is CCCC1CCC(=O)C(CN2CCN(C)CC2C)C1. The van der Waals surface area contributed by atoms with E-state index in [9.17, 15) is 4.79 Å². The number of likely N-dealkylation sites (N-methyl/N-ethyl adjacent to an activating group) is 1. The largest absolute Gasteiger partial charge is 0.304 e. The van der Waals surface area contributed by atoms with E-state index in [-0.39, 0.29) is 0 Å². The zero-order chi connectivity index (χ0) is 13.8. The highest BCUT2D eigenvalue weighted by molar-refractivity contribution is 5.82. The molecule has 2 aliphatic rings. The fraction of sp³-hybridized carbons (Fsp3) is 0.938. The van der Waals surface area contributed by atoms with Crippen LogP contribution in [0.4, 0.5) is 0 Å². The highest BCUT2D eigenvalue weighted by Gasteiger charge is 2.31. The first-order chi connectivity index (χ1) is 9.10. The number of ketones is 1. The fourth-order valence-electron chi connectivity index (χ4n) is 3.78. The van der Waals surface area contributed by atoms with Crippen molar-refractivity contribution in [3.05, 3.63) is 0 Å². The minimum atomic E-state index is 0.316. The van der Waals surface area contributed by atoms with Crippen molar-refractivity contribution in [2.75, 3.05) is 33.2 Å². The number of hydrogen-bond acceptors (Lipinski definition) is 3. The van der Waals surface area contributed by atoms with E-state index in [1.807, 2.05) is 0 Å².